The first kappa shape index (κ1) is 28.1. The normalized spacial score (nSPS) is 23.0. The monoisotopic (exact) mass is 533 g/mol. The van der Waals surface area contributed by atoms with E-state index in [9.17, 15) is 30.7 Å². The van der Waals surface area contributed by atoms with E-state index in [0.29, 0.717) is 6.20 Å². The Labute approximate surface area is 203 Å². The zero-order valence-electron chi connectivity index (χ0n) is 17.4. The van der Waals surface area contributed by atoms with Crippen molar-refractivity contribution in [1.29, 1.82) is 0 Å². The standard InChI is InChI=1S/C18H18F7N7.2H2S/c19-16(20)3-1-9(5-16)27-14-30-13(11-7-26-8-12(29-11)18(23,24)25)31-15(32-14)28-10-2-4-17(21,22)6-10;;/h7-10H,1-6H2,(H2,27,28,30,31,32);2*1H2/t9-,10-;;/m0../s1. The van der Waals surface area contributed by atoms with E-state index >= 15 is 0 Å². The Kier molecular flexibility index (Phi) is 8.49. The van der Waals surface area contributed by atoms with Crippen molar-refractivity contribution < 1.29 is 30.7 Å². The minimum atomic E-state index is -4.76. The van der Waals surface area contributed by atoms with Gasteiger partial charge in [0.05, 0.1) is 12.4 Å². The van der Waals surface area contributed by atoms with Crippen molar-refractivity contribution in [3.63, 3.8) is 0 Å². The molecule has 190 valence electrons. The van der Waals surface area contributed by atoms with Crippen LogP contribution < -0.4 is 10.6 Å². The van der Waals surface area contributed by atoms with Gasteiger partial charge in [-0.1, -0.05) is 0 Å². The van der Waals surface area contributed by atoms with Crippen LogP contribution in [-0.4, -0.2) is 48.8 Å². The third-order valence-corrected chi connectivity index (χ3v) is 5.26. The average Bonchev–Trinajstić information content (AvgIpc) is 3.21. The molecule has 0 spiro atoms. The number of aromatic nitrogens is 5. The number of hydrogen-bond donors (Lipinski definition) is 2. The molecule has 2 aromatic rings. The van der Waals surface area contributed by atoms with E-state index in [0.717, 1.165) is 6.20 Å². The van der Waals surface area contributed by atoms with Gasteiger partial charge in [0.2, 0.25) is 23.7 Å². The number of nitrogens with zero attached hydrogens (tertiary/aromatic N) is 5. The van der Waals surface area contributed by atoms with Crippen molar-refractivity contribution in [3.8, 4) is 11.5 Å². The highest BCUT2D eigenvalue weighted by atomic mass is 32.1. The van der Waals surface area contributed by atoms with Gasteiger partial charge in [-0.25, -0.2) is 22.5 Å². The Hall–Kier alpha value is -2.10. The van der Waals surface area contributed by atoms with Gasteiger partial charge in [0.25, 0.3) is 0 Å². The maximum Gasteiger partial charge on any atom is 0.434 e. The molecule has 0 amide bonds. The minimum Gasteiger partial charge on any atom is -0.351 e. The van der Waals surface area contributed by atoms with Crippen LogP contribution in [0, 0.1) is 0 Å². The first-order valence-electron chi connectivity index (χ1n) is 9.83. The summed E-state index contributed by atoms with van der Waals surface area (Å²) in [4.78, 5) is 19.0. The summed E-state index contributed by atoms with van der Waals surface area (Å²) in [7, 11) is 0. The van der Waals surface area contributed by atoms with Gasteiger partial charge in [-0.3, -0.25) is 4.98 Å². The number of hydrogen-bond acceptors (Lipinski definition) is 7. The molecule has 34 heavy (non-hydrogen) atoms. The van der Waals surface area contributed by atoms with Crippen LogP contribution in [0.4, 0.5) is 42.6 Å². The Bertz CT molecular complexity index is 947. The van der Waals surface area contributed by atoms with E-state index in [1.54, 1.807) is 0 Å². The van der Waals surface area contributed by atoms with E-state index in [4.69, 9.17) is 0 Å². The third kappa shape index (κ3) is 6.96. The summed E-state index contributed by atoms with van der Waals surface area (Å²) in [6.07, 6.45) is -4.54. The zero-order valence-corrected chi connectivity index (χ0v) is 19.4. The molecule has 0 bridgehead atoms. The van der Waals surface area contributed by atoms with Crippen LogP contribution in [0.1, 0.15) is 44.2 Å². The van der Waals surface area contributed by atoms with Gasteiger partial charge in [0.1, 0.15) is 5.69 Å². The van der Waals surface area contributed by atoms with Gasteiger partial charge in [-0.2, -0.15) is 55.1 Å². The van der Waals surface area contributed by atoms with Crippen LogP contribution in [0.2, 0.25) is 0 Å². The fourth-order valence-electron chi connectivity index (χ4n) is 3.74. The van der Waals surface area contributed by atoms with Crippen LogP contribution in [0.3, 0.4) is 0 Å². The molecule has 4 rings (SSSR count). The fraction of sp³-hybridized carbons (Fsp3) is 0.611. The summed E-state index contributed by atoms with van der Waals surface area (Å²) in [5.41, 5.74) is -1.60. The van der Waals surface area contributed by atoms with Crippen LogP contribution in [-0.2, 0) is 6.18 Å². The first-order chi connectivity index (χ1) is 14.9. The second-order valence-electron chi connectivity index (χ2n) is 7.97. The molecule has 2 heterocycles. The van der Waals surface area contributed by atoms with E-state index in [1.807, 2.05) is 0 Å². The summed E-state index contributed by atoms with van der Waals surface area (Å²) >= 11 is 0. The molecule has 0 aliphatic heterocycles. The number of nitrogens with one attached hydrogen (secondary N) is 2. The van der Waals surface area contributed by atoms with Crippen molar-refractivity contribution in [1.82, 2.24) is 24.9 Å². The molecular formula is C18H22F7N7S2. The lowest BCUT2D eigenvalue weighted by atomic mass is 10.2. The highest BCUT2D eigenvalue weighted by Crippen LogP contribution is 2.37. The van der Waals surface area contributed by atoms with E-state index in [-0.39, 0.29) is 76.1 Å². The molecule has 16 heteroatoms. The van der Waals surface area contributed by atoms with Crippen LogP contribution in [0.25, 0.3) is 11.5 Å². The summed E-state index contributed by atoms with van der Waals surface area (Å²) < 4.78 is 93.1. The van der Waals surface area contributed by atoms with Crippen LogP contribution >= 0.6 is 27.0 Å². The van der Waals surface area contributed by atoms with Crippen molar-refractivity contribution in [2.24, 2.45) is 0 Å². The smallest absolute Gasteiger partial charge is 0.351 e. The summed E-state index contributed by atoms with van der Waals surface area (Å²) in [5, 5.41) is 5.46. The van der Waals surface area contributed by atoms with E-state index in [1.165, 1.54) is 0 Å². The average molecular weight is 534 g/mol. The molecule has 2 aliphatic rings. The lowest BCUT2D eigenvalue weighted by molar-refractivity contribution is -0.141. The van der Waals surface area contributed by atoms with Crippen molar-refractivity contribution >= 4 is 38.9 Å². The lowest BCUT2D eigenvalue weighted by Crippen LogP contribution is -2.23. The molecule has 2 saturated carbocycles. The number of rotatable bonds is 5. The molecule has 2 fully saturated rings. The van der Waals surface area contributed by atoms with Gasteiger partial charge < -0.3 is 10.6 Å². The van der Waals surface area contributed by atoms with Gasteiger partial charge >= 0.3 is 6.18 Å². The first-order valence-corrected chi connectivity index (χ1v) is 9.83. The minimum absolute atomic E-state index is 0. The lowest BCUT2D eigenvalue weighted by Gasteiger charge is -2.17. The Morgan fingerprint density at radius 2 is 1.26 bits per heavy atom. The second kappa shape index (κ2) is 10.3. The molecule has 7 nitrogen and oxygen atoms in total. The Morgan fingerprint density at radius 1 is 0.765 bits per heavy atom. The topological polar surface area (TPSA) is 88.5 Å². The summed E-state index contributed by atoms with van der Waals surface area (Å²) in [5.74, 6) is -6.36. The Morgan fingerprint density at radius 3 is 1.68 bits per heavy atom. The van der Waals surface area contributed by atoms with Gasteiger partial charge in [0, 0.05) is 37.8 Å². The summed E-state index contributed by atoms with van der Waals surface area (Å²) in [6.45, 7) is 0. The molecule has 0 aromatic carbocycles. The number of halogens is 7. The van der Waals surface area contributed by atoms with Gasteiger partial charge in [-0.05, 0) is 12.8 Å². The van der Waals surface area contributed by atoms with Crippen molar-refractivity contribution in [3.05, 3.63) is 18.1 Å². The van der Waals surface area contributed by atoms with Crippen LogP contribution in [0.15, 0.2) is 12.4 Å². The third-order valence-electron chi connectivity index (χ3n) is 5.26. The molecule has 0 saturated heterocycles. The predicted molar refractivity (Wildman–Crippen MR) is 119 cm³/mol. The Balaban J connectivity index is 0.00000204. The molecule has 0 unspecified atom stereocenters. The predicted octanol–water partition coefficient (Wildman–Crippen LogP) is 4.77. The summed E-state index contributed by atoms with van der Waals surface area (Å²) in [6, 6.07) is -1.34. The zero-order chi connectivity index (χ0) is 23.1. The van der Waals surface area contributed by atoms with Crippen molar-refractivity contribution in [2.45, 2.75) is 68.6 Å². The SMILES string of the molecule is FC1(F)CC[C@H](Nc2nc(N[C@H]3CCC(F)(F)C3)nc(-c3cncc(C(F)(F)F)n3)n2)C1.S.S. The maximum absolute atomic E-state index is 13.5. The highest BCUT2D eigenvalue weighted by molar-refractivity contribution is 7.59. The van der Waals surface area contributed by atoms with Crippen molar-refractivity contribution in [2.75, 3.05) is 10.6 Å². The second-order valence-corrected chi connectivity index (χ2v) is 7.97. The maximum atomic E-state index is 13.5. The van der Waals surface area contributed by atoms with Gasteiger partial charge in [0.15, 0.2) is 11.5 Å². The number of alkyl halides is 7. The fourth-order valence-corrected chi connectivity index (χ4v) is 3.74. The number of anilines is 2. The largest absolute Gasteiger partial charge is 0.434 e. The molecular weight excluding hydrogens is 511 g/mol. The van der Waals surface area contributed by atoms with E-state index in [2.05, 4.69) is 35.6 Å². The molecule has 2 aromatic heterocycles. The molecule has 2 atom stereocenters. The van der Waals surface area contributed by atoms with Crippen LogP contribution in [0.5, 0.6) is 0 Å². The molecule has 2 aliphatic carbocycles. The van der Waals surface area contributed by atoms with Gasteiger partial charge in [-0.15, -0.1) is 0 Å². The molecule has 0 radical (unpaired) electrons. The van der Waals surface area contributed by atoms with E-state index < -0.39 is 48.6 Å². The molecule has 2 N–H and O–H groups in total. The quantitative estimate of drug-likeness (QED) is 0.536. The highest BCUT2D eigenvalue weighted by Gasteiger charge is 2.41.